The largest absolute Gasteiger partial charge is 0.356 e. The second-order valence-electron chi connectivity index (χ2n) is 10.7. The standard InChI is InChI=1S/C40H36N2/c1-3-29-9-5-11-33(25-29)35-13-7-15-39(27-35)41-37-21-17-31(18-22-37)32-19-23-38(24-20-32)42-40-16-8-14-36(28-40)34-12-6-10-30(4-2)26-34/h5-28,41-42H,3-4H2,1-2H3. The molecule has 206 valence electrons. The Morgan fingerprint density at radius 1 is 0.333 bits per heavy atom. The van der Waals surface area contributed by atoms with E-state index in [-0.39, 0.29) is 0 Å². The number of anilines is 4. The van der Waals surface area contributed by atoms with Gasteiger partial charge in [0.25, 0.3) is 0 Å². The highest BCUT2D eigenvalue weighted by molar-refractivity contribution is 5.75. The van der Waals surface area contributed by atoms with Crippen LogP contribution >= 0.6 is 0 Å². The first-order valence-electron chi connectivity index (χ1n) is 14.8. The van der Waals surface area contributed by atoms with E-state index < -0.39 is 0 Å². The second-order valence-corrected chi connectivity index (χ2v) is 10.7. The van der Waals surface area contributed by atoms with Crippen molar-refractivity contribution in [2.75, 3.05) is 10.6 Å². The van der Waals surface area contributed by atoms with Crippen LogP contribution in [0.25, 0.3) is 33.4 Å². The van der Waals surface area contributed by atoms with Gasteiger partial charge in [-0.15, -0.1) is 0 Å². The second kappa shape index (κ2) is 12.6. The van der Waals surface area contributed by atoms with E-state index in [0.29, 0.717) is 0 Å². The molecule has 0 atom stereocenters. The van der Waals surface area contributed by atoms with Crippen molar-refractivity contribution < 1.29 is 0 Å². The van der Waals surface area contributed by atoms with Crippen molar-refractivity contribution in [1.82, 2.24) is 0 Å². The van der Waals surface area contributed by atoms with E-state index in [4.69, 9.17) is 0 Å². The molecule has 42 heavy (non-hydrogen) atoms. The maximum absolute atomic E-state index is 3.57. The molecular formula is C40H36N2. The summed E-state index contributed by atoms with van der Waals surface area (Å²) in [5, 5.41) is 7.14. The SMILES string of the molecule is CCc1cccc(-c2cccc(Nc3ccc(-c4ccc(Nc5cccc(-c6cccc(CC)c6)c5)cc4)cc3)c2)c1. The lowest BCUT2D eigenvalue weighted by atomic mass is 10.0. The highest BCUT2D eigenvalue weighted by atomic mass is 14.9. The molecule has 0 bridgehead atoms. The summed E-state index contributed by atoms with van der Waals surface area (Å²) in [7, 11) is 0. The van der Waals surface area contributed by atoms with Gasteiger partial charge < -0.3 is 10.6 Å². The number of hydrogen-bond acceptors (Lipinski definition) is 2. The predicted octanol–water partition coefficient (Wildman–Crippen LogP) is 11.3. The fraction of sp³-hybridized carbons (Fsp3) is 0.100. The Balaban J connectivity index is 1.12. The molecule has 0 aliphatic carbocycles. The van der Waals surface area contributed by atoms with Gasteiger partial charge in [0.05, 0.1) is 0 Å². The van der Waals surface area contributed by atoms with E-state index in [0.717, 1.165) is 35.6 Å². The van der Waals surface area contributed by atoms with Crippen molar-refractivity contribution >= 4 is 22.7 Å². The van der Waals surface area contributed by atoms with Gasteiger partial charge in [-0.2, -0.15) is 0 Å². The molecule has 0 amide bonds. The Morgan fingerprint density at radius 2 is 0.690 bits per heavy atom. The van der Waals surface area contributed by atoms with Crippen LogP contribution in [0.3, 0.4) is 0 Å². The van der Waals surface area contributed by atoms with Crippen molar-refractivity contribution in [3.05, 3.63) is 157 Å². The predicted molar refractivity (Wildman–Crippen MR) is 181 cm³/mol. The summed E-state index contributed by atoms with van der Waals surface area (Å²) in [5.41, 5.74) is 14.3. The average molecular weight is 545 g/mol. The van der Waals surface area contributed by atoms with Crippen molar-refractivity contribution in [3.63, 3.8) is 0 Å². The fourth-order valence-corrected chi connectivity index (χ4v) is 5.32. The zero-order chi connectivity index (χ0) is 28.7. The first kappa shape index (κ1) is 27.1. The molecule has 2 heteroatoms. The van der Waals surface area contributed by atoms with Gasteiger partial charge in [0.1, 0.15) is 0 Å². The topological polar surface area (TPSA) is 24.1 Å². The summed E-state index contributed by atoms with van der Waals surface area (Å²) in [6.07, 6.45) is 2.08. The lowest BCUT2D eigenvalue weighted by Crippen LogP contribution is -1.92. The van der Waals surface area contributed by atoms with Gasteiger partial charge in [-0.25, -0.2) is 0 Å². The third kappa shape index (κ3) is 6.45. The van der Waals surface area contributed by atoms with E-state index in [9.17, 15) is 0 Å². The molecule has 2 nitrogen and oxygen atoms in total. The molecule has 0 fully saturated rings. The van der Waals surface area contributed by atoms with Crippen molar-refractivity contribution in [1.29, 1.82) is 0 Å². The lowest BCUT2D eigenvalue weighted by molar-refractivity contribution is 1.14. The van der Waals surface area contributed by atoms with Gasteiger partial charge in [0.2, 0.25) is 0 Å². The van der Waals surface area contributed by atoms with Gasteiger partial charge in [0, 0.05) is 22.7 Å². The zero-order valence-corrected chi connectivity index (χ0v) is 24.3. The van der Waals surface area contributed by atoms with Gasteiger partial charge >= 0.3 is 0 Å². The van der Waals surface area contributed by atoms with Crippen LogP contribution in [0.2, 0.25) is 0 Å². The summed E-state index contributed by atoms with van der Waals surface area (Å²) in [6.45, 7) is 4.39. The molecule has 0 aromatic heterocycles. The van der Waals surface area contributed by atoms with Crippen LogP contribution in [0.4, 0.5) is 22.7 Å². The maximum atomic E-state index is 3.57. The fourth-order valence-electron chi connectivity index (χ4n) is 5.32. The van der Waals surface area contributed by atoms with E-state index in [1.165, 1.54) is 44.5 Å². The maximum Gasteiger partial charge on any atom is 0.0390 e. The number of nitrogens with one attached hydrogen (secondary N) is 2. The summed E-state index contributed by atoms with van der Waals surface area (Å²) >= 11 is 0. The summed E-state index contributed by atoms with van der Waals surface area (Å²) in [4.78, 5) is 0. The molecule has 0 radical (unpaired) electrons. The van der Waals surface area contributed by atoms with Crippen LogP contribution < -0.4 is 10.6 Å². The molecule has 2 N–H and O–H groups in total. The Hall–Kier alpha value is -5.08. The highest BCUT2D eigenvalue weighted by Crippen LogP contribution is 2.29. The van der Waals surface area contributed by atoms with Crippen LogP contribution in [0.1, 0.15) is 25.0 Å². The minimum Gasteiger partial charge on any atom is -0.356 e. The molecular weight excluding hydrogens is 508 g/mol. The van der Waals surface area contributed by atoms with Gasteiger partial charge in [-0.05, 0) is 106 Å². The lowest BCUT2D eigenvalue weighted by Gasteiger charge is -2.12. The first-order chi connectivity index (χ1) is 20.7. The molecule has 0 saturated carbocycles. The van der Waals surface area contributed by atoms with Crippen molar-refractivity contribution in [3.8, 4) is 33.4 Å². The van der Waals surface area contributed by atoms with Crippen LogP contribution in [0.15, 0.2) is 146 Å². The smallest absolute Gasteiger partial charge is 0.0390 e. The molecule has 0 unspecified atom stereocenters. The molecule has 0 heterocycles. The minimum absolute atomic E-state index is 1.04. The number of aryl methyl sites for hydroxylation is 2. The van der Waals surface area contributed by atoms with Crippen LogP contribution in [-0.4, -0.2) is 0 Å². The quantitative estimate of drug-likeness (QED) is 0.189. The van der Waals surface area contributed by atoms with E-state index in [1.807, 2.05) is 0 Å². The molecule has 0 spiro atoms. The van der Waals surface area contributed by atoms with Crippen molar-refractivity contribution in [2.24, 2.45) is 0 Å². The Bertz CT molecular complexity index is 1650. The number of benzene rings is 6. The normalized spacial score (nSPS) is 10.8. The van der Waals surface area contributed by atoms with Crippen LogP contribution in [0.5, 0.6) is 0 Å². The highest BCUT2D eigenvalue weighted by Gasteiger charge is 2.05. The van der Waals surface area contributed by atoms with Crippen LogP contribution in [0, 0.1) is 0 Å². The van der Waals surface area contributed by atoms with Gasteiger partial charge in [-0.3, -0.25) is 0 Å². The van der Waals surface area contributed by atoms with E-state index in [1.54, 1.807) is 0 Å². The van der Waals surface area contributed by atoms with Gasteiger partial charge in [0.15, 0.2) is 0 Å². The molecule has 6 aromatic carbocycles. The average Bonchev–Trinajstić information content (AvgIpc) is 3.06. The third-order valence-electron chi connectivity index (χ3n) is 7.74. The van der Waals surface area contributed by atoms with E-state index >= 15 is 0 Å². The monoisotopic (exact) mass is 544 g/mol. The van der Waals surface area contributed by atoms with Crippen LogP contribution in [-0.2, 0) is 12.8 Å². The molecule has 0 saturated heterocycles. The Kier molecular flexibility index (Phi) is 8.14. The Morgan fingerprint density at radius 3 is 1.07 bits per heavy atom. The minimum atomic E-state index is 1.04. The molecule has 6 aromatic rings. The Labute approximate surface area is 249 Å². The van der Waals surface area contributed by atoms with Crippen molar-refractivity contribution in [2.45, 2.75) is 26.7 Å². The number of rotatable bonds is 9. The van der Waals surface area contributed by atoms with E-state index in [2.05, 4.69) is 170 Å². The number of hydrogen-bond donors (Lipinski definition) is 2. The van der Waals surface area contributed by atoms with Gasteiger partial charge in [-0.1, -0.05) is 111 Å². The zero-order valence-electron chi connectivity index (χ0n) is 24.3. The summed E-state index contributed by atoms with van der Waals surface area (Å²) in [6, 6.07) is 52.1. The molecule has 0 aliphatic heterocycles. The summed E-state index contributed by atoms with van der Waals surface area (Å²) < 4.78 is 0. The molecule has 6 rings (SSSR count). The first-order valence-corrected chi connectivity index (χ1v) is 14.8. The summed E-state index contributed by atoms with van der Waals surface area (Å²) in [5.74, 6) is 0. The third-order valence-corrected chi connectivity index (χ3v) is 7.74. The molecule has 0 aliphatic rings.